The Kier molecular flexibility index (Phi) is 4.99. The van der Waals surface area contributed by atoms with Crippen LogP contribution in [0.15, 0.2) is 30.6 Å². The van der Waals surface area contributed by atoms with E-state index in [1.165, 1.54) is 18.5 Å². The molecule has 31 heavy (non-hydrogen) atoms. The molecule has 1 aromatic carbocycles. The molecule has 1 N–H and O–H groups in total. The van der Waals surface area contributed by atoms with Gasteiger partial charge in [-0.1, -0.05) is 39.0 Å². The van der Waals surface area contributed by atoms with Crippen LogP contribution in [0.25, 0.3) is 11.2 Å². The van der Waals surface area contributed by atoms with Gasteiger partial charge in [0.15, 0.2) is 17.0 Å². The van der Waals surface area contributed by atoms with E-state index in [9.17, 15) is 18.3 Å². The number of aliphatic hydroxyl groups is 1. The molecule has 0 spiro atoms. The number of imidazole rings is 1. The Balaban J connectivity index is 1.83. The van der Waals surface area contributed by atoms with Gasteiger partial charge in [0, 0.05) is 18.5 Å². The highest BCUT2D eigenvalue weighted by Crippen LogP contribution is 2.34. The lowest BCUT2D eigenvalue weighted by Gasteiger charge is -2.23. The van der Waals surface area contributed by atoms with Crippen molar-refractivity contribution in [3.05, 3.63) is 47.5 Å². The van der Waals surface area contributed by atoms with Crippen molar-refractivity contribution in [1.82, 2.24) is 19.5 Å². The van der Waals surface area contributed by atoms with Crippen molar-refractivity contribution in [3.8, 4) is 0 Å². The van der Waals surface area contributed by atoms with E-state index >= 15 is 0 Å². The minimum absolute atomic E-state index is 0.00999. The molecule has 1 unspecified atom stereocenters. The van der Waals surface area contributed by atoms with Gasteiger partial charge < -0.3 is 14.6 Å². The normalized spacial score (nSPS) is 20.1. The fourth-order valence-electron chi connectivity index (χ4n) is 3.85. The van der Waals surface area contributed by atoms with Gasteiger partial charge in [-0.25, -0.2) is 15.0 Å². The van der Waals surface area contributed by atoms with Gasteiger partial charge in [-0.15, -0.1) is 0 Å². The molecule has 1 fully saturated rings. The van der Waals surface area contributed by atoms with Crippen LogP contribution in [0.5, 0.6) is 0 Å². The van der Waals surface area contributed by atoms with E-state index in [0.29, 0.717) is 42.3 Å². The first-order chi connectivity index (χ1) is 14.4. The van der Waals surface area contributed by atoms with Crippen LogP contribution in [-0.2, 0) is 18.1 Å². The lowest BCUT2D eigenvalue weighted by atomic mass is 9.96. The van der Waals surface area contributed by atoms with Crippen LogP contribution >= 0.6 is 0 Å². The number of rotatable bonds is 3. The number of aromatic nitrogens is 4. The molecule has 4 rings (SSSR count). The Hall–Kier alpha value is -2.68. The Morgan fingerprint density at radius 3 is 2.45 bits per heavy atom. The summed E-state index contributed by atoms with van der Waals surface area (Å²) >= 11 is 0. The van der Waals surface area contributed by atoms with Gasteiger partial charge in [0.25, 0.3) is 0 Å². The first kappa shape index (κ1) is 21.5. The van der Waals surface area contributed by atoms with Crippen molar-refractivity contribution in [2.45, 2.75) is 57.9 Å². The number of hydrogen-bond donors (Lipinski definition) is 1. The predicted molar refractivity (Wildman–Crippen MR) is 112 cm³/mol. The molecule has 0 bridgehead atoms. The smallest absolute Gasteiger partial charge is 0.388 e. The average molecular weight is 433 g/mol. The highest BCUT2D eigenvalue weighted by Gasteiger charge is 2.35. The number of anilines is 1. The summed E-state index contributed by atoms with van der Waals surface area (Å²) in [4.78, 5) is 15.9. The summed E-state index contributed by atoms with van der Waals surface area (Å²) in [6, 6.07) is 5.54. The standard InChI is InChI=1S/C22H26F3N5O/c1-20(2,3)19-27-17(29-10-9-21(4,31)12-29)16-18(28-19)30(13-26-16)11-14-7-5-6-8-15(14)22(23,24)25/h5-8,13,31H,9-12H2,1-4H3. The van der Waals surface area contributed by atoms with Gasteiger partial charge in [0.2, 0.25) is 0 Å². The minimum Gasteiger partial charge on any atom is -0.388 e. The van der Waals surface area contributed by atoms with Gasteiger partial charge >= 0.3 is 6.18 Å². The quantitative estimate of drug-likeness (QED) is 0.672. The van der Waals surface area contributed by atoms with Crippen molar-refractivity contribution < 1.29 is 18.3 Å². The second-order valence-corrected chi connectivity index (χ2v) is 9.49. The number of nitrogens with zero attached hydrogens (tertiary/aromatic N) is 5. The van der Waals surface area contributed by atoms with Gasteiger partial charge in [0.1, 0.15) is 5.82 Å². The highest BCUT2D eigenvalue weighted by atomic mass is 19.4. The van der Waals surface area contributed by atoms with E-state index in [2.05, 4.69) is 9.97 Å². The molecule has 1 atom stereocenters. The Morgan fingerprint density at radius 2 is 1.84 bits per heavy atom. The molecule has 0 radical (unpaired) electrons. The maximum atomic E-state index is 13.5. The molecule has 1 aliphatic heterocycles. The highest BCUT2D eigenvalue weighted by molar-refractivity contribution is 5.84. The van der Waals surface area contributed by atoms with E-state index < -0.39 is 17.3 Å². The largest absolute Gasteiger partial charge is 0.416 e. The molecule has 1 aliphatic rings. The maximum absolute atomic E-state index is 13.5. The Morgan fingerprint density at radius 1 is 1.13 bits per heavy atom. The van der Waals surface area contributed by atoms with Crippen molar-refractivity contribution in [3.63, 3.8) is 0 Å². The fraction of sp³-hybridized carbons (Fsp3) is 0.500. The first-order valence-electron chi connectivity index (χ1n) is 10.2. The summed E-state index contributed by atoms with van der Waals surface area (Å²) in [6.07, 6.45) is -2.33. The summed E-state index contributed by atoms with van der Waals surface area (Å²) < 4.78 is 42.0. The van der Waals surface area contributed by atoms with E-state index in [0.717, 1.165) is 6.07 Å². The summed E-state index contributed by atoms with van der Waals surface area (Å²) in [5, 5.41) is 10.4. The number of fused-ring (bicyclic) bond motifs is 1. The fourth-order valence-corrected chi connectivity index (χ4v) is 3.85. The second-order valence-electron chi connectivity index (χ2n) is 9.49. The summed E-state index contributed by atoms with van der Waals surface area (Å²) in [5.41, 5.74) is -0.709. The van der Waals surface area contributed by atoms with Crippen LogP contribution < -0.4 is 4.90 Å². The minimum atomic E-state index is -4.44. The SMILES string of the molecule is CC1(O)CCN(c2nc(C(C)(C)C)nc3c2ncn3Cc2ccccc2C(F)(F)F)C1. The van der Waals surface area contributed by atoms with Crippen LogP contribution in [0.2, 0.25) is 0 Å². The van der Waals surface area contributed by atoms with Gasteiger partial charge in [0.05, 0.1) is 24.0 Å². The zero-order chi connectivity index (χ0) is 22.6. The average Bonchev–Trinajstić information content (AvgIpc) is 3.23. The number of benzene rings is 1. The lowest BCUT2D eigenvalue weighted by molar-refractivity contribution is -0.138. The van der Waals surface area contributed by atoms with Crippen molar-refractivity contribution >= 4 is 17.0 Å². The van der Waals surface area contributed by atoms with Crippen molar-refractivity contribution in [2.24, 2.45) is 0 Å². The van der Waals surface area contributed by atoms with Gasteiger partial charge in [-0.05, 0) is 25.0 Å². The predicted octanol–water partition coefficient (Wildman–Crippen LogP) is 4.15. The Bertz CT molecular complexity index is 1110. The molecule has 9 heteroatoms. The second kappa shape index (κ2) is 7.19. The Labute approximate surface area is 178 Å². The summed E-state index contributed by atoms with van der Waals surface area (Å²) in [6.45, 7) is 8.75. The third-order valence-electron chi connectivity index (χ3n) is 5.53. The molecule has 0 aliphatic carbocycles. The van der Waals surface area contributed by atoms with Gasteiger partial charge in [-0.2, -0.15) is 13.2 Å². The third kappa shape index (κ3) is 4.23. The number of β-amino-alcohol motifs (C(OH)–C–C–N with tert-alkyl or cyclic N) is 1. The molecule has 0 saturated carbocycles. The van der Waals surface area contributed by atoms with Crippen LogP contribution in [0.3, 0.4) is 0 Å². The molecular weight excluding hydrogens is 407 g/mol. The van der Waals surface area contributed by atoms with Crippen molar-refractivity contribution in [2.75, 3.05) is 18.0 Å². The topological polar surface area (TPSA) is 67.1 Å². The molecule has 166 valence electrons. The zero-order valence-electron chi connectivity index (χ0n) is 18.0. The van der Waals surface area contributed by atoms with E-state index in [4.69, 9.17) is 4.98 Å². The van der Waals surface area contributed by atoms with Crippen LogP contribution in [0.4, 0.5) is 19.0 Å². The molecule has 2 aromatic heterocycles. The number of alkyl halides is 3. The molecule has 1 saturated heterocycles. The van der Waals surface area contributed by atoms with E-state index in [-0.39, 0.29) is 17.5 Å². The third-order valence-corrected chi connectivity index (χ3v) is 5.53. The molecular formula is C22H26F3N5O. The zero-order valence-corrected chi connectivity index (χ0v) is 18.0. The summed E-state index contributed by atoms with van der Waals surface area (Å²) in [7, 11) is 0. The number of halogens is 3. The molecule has 3 heterocycles. The van der Waals surface area contributed by atoms with Crippen LogP contribution in [-0.4, -0.2) is 43.3 Å². The van der Waals surface area contributed by atoms with E-state index in [1.807, 2.05) is 25.7 Å². The maximum Gasteiger partial charge on any atom is 0.416 e. The lowest BCUT2D eigenvalue weighted by Crippen LogP contribution is -2.31. The monoisotopic (exact) mass is 433 g/mol. The number of hydrogen-bond acceptors (Lipinski definition) is 5. The van der Waals surface area contributed by atoms with E-state index in [1.54, 1.807) is 17.6 Å². The van der Waals surface area contributed by atoms with Crippen molar-refractivity contribution in [1.29, 1.82) is 0 Å². The van der Waals surface area contributed by atoms with Crippen LogP contribution in [0, 0.1) is 0 Å². The summed E-state index contributed by atoms with van der Waals surface area (Å²) in [5.74, 6) is 1.18. The first-order valence-corrected chi connectivity index (χ1v) is 10.2. The molecule has 0 amide bonds. The molecule has 6 nitrogen and oxygen atoms in total. The molecule has 3 aromatic rings. The van der Waals surface area contributed by atoms with Crippen LogP contribution in [0.1, 0.15) is 51.1 Å². The van der Waals surface area contributed by atoms with Gasteiger partial charge in [-0.3, -0.25) is 0 Å².